The molecule has 0 saturated heterocycles. The zero-order valence-electron chi connectivity index (χ0n) is 10.6. The van der Waals surface area contributed by atoms with Crippen molar-refractivity contribution in [3.63, 3.8) is 0 Å². The number of hydrogen-bond acceptors (Lipinski definition) is 3. The Morgan fingerprint density at radius 2 is 2.05 bits per heavy atom. The van der Waals surface area contributed by atoms with Gasteiger partial charge in [-0.05, 0) is 13.0 Å². The maximum absolute atomic E-state index is 12.2. The van der Waals surface area contributed by atoms with Crippen molar-refractivity contribution in [1.82, 2.24) is 5.32 Å². The van der Waals surface area contributed by atoms with E-state index >= 15 is 0 Å². The highest BCUT2D eigenvalue weighted by atomic mass is 32.1. The molecule has 20 heavy (non-hydrogen) atoms. The van der Waals surface area contributed by atoms with Crippen molar-refractivity contribution in [2.45, 2.75) is 25.6 Å². The van der Waals surface area contributed by atoms with Gasteiger partial charge in [0.25, 0.3) is 5.91 Å². The van der Waals surface area contributed by atoms with Crippen LogP contribution in [0.2, 0.25) is 0 Å². The average molecular weight is 302 g/mol. The highest BCUT2D eigenvalue weighted by Gasteiger charge is 2.31. The molecule has 0 fully saturated rings. The van der Waals surface area contributed by atoms with Crippen LogP contribution in [0.15, 0.2) is 24.3 Å². The molecule has 108 valence electrons. The molecule has 3 N–H and O–H groups in total. The SMILES string of the molecule is CC(CC(F)(F)F)NC(=O)c1sc2ccccc2c1N. The third kappa shape index (κ3) is 3.22. The average Bonchev–Trinajstić information content (AvgIpc) is 2.65. The number of carbonyl (C=O) groups is 1. The van der Waals surface area contributed by atoms with E-state index in [0.29, 0.717) is 5.69 Å². The zero-order chi connectivity index (χ0) is 14.9. The van der Waals surface area contributed by atoms with Crippen LogP contribution in [0.4, 0.5) is 18.9 Å². The van der Waals surface area contributed by atoms with Crippen molar-refractivity contribution < 1.29 is 18.0 Å². The zero-order valence-corrected chi connectivity index (χ0v) is 11.4. The molecule has 1 atom stereocenters. The summed E-state index contributed by atoms with van der Waals surface area (Å²) < 4.78 is 37.5. The summed E-state index contributed by atoms with van der Waals surface area (Å²) in [4.78, 5) is 12.2. The minimum Gasteiger partial charge on any atom is -0.397 e. The molecule has 1 unspecified atom stereocenters. The summed E-state index contributed by atoms with van der Waals surface area (Å²) in [6, 6.07) is 6.20. The van der Waals surface area contributed by atoms with Gasteiger partial charge in [0, 0.05) is 16.1 Å². The Balaban J connectivity index is 2.17. The second-order valence-electron chi connectivity index (χ2n) is 4.53. The van der Waals surface area contributed by atoms with E-state index in [1.807, 2.05) is 12.1 Å². The van der Waals surface area contributed by atoms with Crippen molar-refractivity contribution >= 4 is 33.0 Å². The first-order valence-electron chi connectivity index (χ1n) is 5.92. The Labute approximate surface area is 117 Å². The van der Waals surface area contributed by atoms with Gasteiger partial charge >= 0.3 is 6.18 Å². The Bertz CT molecular complexity index is 636. The van der Waals surface area contributed by atoms with E-state index < -0.39 is 24.5 Å². The first-order valence-corrected chi connectivity index (χ1v) is 6.74. The number of anilines is 1. The molecule has 1 aromatic carbocycles. The van der Waals surface area contributed by atoms with Gasteiger partial charge in [-0.3, -0.25) is 4.79 Å². The lowest BCUT2D eigenvalue weighted by molar-refractivity contribution is -0.138. The summed E-state index contributed by atoms with van der Waals surface area (Å²) in [6.45, 7) is 1.31. The second-order valence-corrected chi connectivity index (χ2v) is 5.59. The number of hydrogen-bond donors (Lipinski definition) is 2. The van der Waals surface area contributed by atoms with Crippen LogP contribution in [0.25, 0.3) is 10.1 Å². The van der Waals surface area contributed by atoms with Crippen LogP contribution in [0.3, 0.4) is 0 Å². The van der Waals surface area contributed by atoms with E-state index in [1.54, 1.807) is 12.1 Å². The number of nitrogen functional groups attached to an aromatic ring is 1. The fraction of sp³-hybridized carbons (Fsp3) is 0.308. The lowest BCUT2D eigenvalue weighted by atomic mass is 10.2. The van der Waals surface area contributed by atoms with Crippen LogP contribution in [-0.4, -0.2) is 18.1 Å². The Morgan fingerprint density at radius 3 is 2.65 bits per heavy atom. The quantitative estimate of drug-likeness (QED) is 0.911. The molecule has 1 heterocycles. The number of alkyl halides is 3. The Kier molecular flexibility index (Phi) is 3.89. The van der Waals surface area contributed by atoms with E-state index in [-0.39, 0.29) is 4.88 Å². The van der Waals surface area contributed by atoms with E-state index in [2.05, 4.69) is 5.32 Å². The number of amides is 1. The van der Waals surface area contributed by atoms with Crippen LogP contribution in [-0.2, 0) is 0 Å². The van der Waals surface area contributed by atoms with Crippen molar-refractivity contribution in [3.05, 3.63) is 29.1 Å². The van der Waals surface area contributed by atoms with Crippen LogP contribution in [0.1, 0.15) is 23.0 Å². The second kappa shape index (κ2) is 5.32. The maximum atomic E-state index is 12.2. The predicted molar refractivity (Wildman–Crippen MR) is 73.8 cm³/mol. The third-order valence-corrected chi connectivity index (χ3v) is 3.94. The Hall–Kier alpha value is -1.76. The van der Waals surface area contributed by atoms with Gasteiger partial charge in [-0.1, -0.05) is 18.2 Å². The van der Waals surface area contributed by atoms with Crippen LogP contribution in [0.5, 0.6) is 0 Å². The van der Waals surface area contributed by atoms with Gasteiger partial charge in [0.05, 0.1) is 12.1 Å². The fourth-order valence-electron chi connectivity index (χ4n) is 1.92. The summed E-state index contributed by atoms with van der Waals surface area (Å²) in [5, 5.41) is 3.07. The van der Waals surface area contributed by atoms with Crippen molar-refractivity contribution in [1.29, 1.82) is 0 Å². The molecule has 1 amide bonds. The monoisotopic (exact) mass is 302 g/mol. The van der Waals surface area contributed by atoms with Gasteiger partial charge in [0.15, 0.2) is 0 Å². The molecular formula is C13H13F3N2OS. The standard InChI is InChI=1S/C13H13F3N2OS/c1-7(6-13(14,15)16)18-12(19)11-10(17)8-4-2-3-5-9(8)20-11/h2-5,7H,6,17H2,1H3,(H,18,19). The summed E-state index contributed by atoms with van der Waals surface area (Å²) >= 11 is 1.17. The number of nitrogens with two attached hydrogens (primary N) is 1. The number of halogens is 3. The topological polar surface area (TPSA) is 55.1 Å². The van der Waals surface area contributed by atoms with Gasteiger partial charge in [-0.2, -0.15) is 13.2 Å². The van der Waals surface area contributed by atoms with E-state index in [4.69, 9.17) is 5.73 Å². The molecule has 0 spiro atoms. The molecule has 2 rings (SSSR count). The molecule has 1 aromatic heterocycles. The normalized spacial score (nSPS) is 13.4. The summed E-state index contributed by atoms with van der Waals surface area (Å²) in [7, 11) is 0. The van der Waals surface area contributed by atoms with Crippen LogP contribution in [0, 0.1) is 0 Å². The van der Waals surface area contributed by atoms with Gasteiger partial charge in [0.2, 0.25) is 0 Å². The Morgan fingerprint density at radius 1 is 1.40 bits per heavy atom. The van der Waals surface area contributed by atoms with Crippen molar-refractivity contribution in [2.24, 2.45) is 0 Å². The van der Waals surface area contributed by atoms with E-state index in [9.17, 15) is 18.0 Å². The van der Waals surface area contributed by atoms with Crippen molar-refractivity contribution in [3.8, 4) is 0 Å². The highest BCUT2D eigenvalue weighted by molar-refractivity contribution is 7.21. The van der Waals surface area contributed by atoms with E-state index in [0.717, 1.165) is 10.1 Å². The van der Waals surface area contributed by atoms with Crippen LogP contribution >= 0.6 is 11.3 Å². The summed E-state index contributed by atoms with van der Waals surface area (Å²) in [5.74, 6) is -0.569. The summed E-state index contributed by atoms with van der Waals surface area (Å²) in [6.07, 6.45) is -5.37. The molecule has 0 radical (unpaired) electrons. The first-order chi connectivity index (χ1) is 9.28. The van der Waals surface area contributed by atoms with Crippen LogP contribution < -0.4 is 11.1 Å². The highest BCUT2D eigenvalue weighted by Crippen LogP contribution is 2.33. The number of rotatable bonds is 3. The van der Waals surface area contributed by atoms with E-state index in [1.165, 1.54) is 18.3 Å². The first kappa shape index (κ1) is 14.6. The number of benzene rings is 1. The van der Waals surface area contributed by atoms with Gasteiger partial charge < -0.3 is 11.1 Å². The molecule has 0 aliphatic carbocycles. The number of nitrogens with one attached hydrogen (secondary N) is 1. The number of carbonyl (C=O) groups excluding carboxylic acids is 1. The molecular weight excluding hydrogens is 289 g/mol. The molecule has 0 aliphatic rings. The molecule has 3 nitrogen and oxygen atoms in total. The molecule has 0 saturated carbocycles. The van der Waals surface area contributed by atoms with Crippen molar-refractivity contribution in [2.75, 3.05) is 5.73 Å². The maximum Gasteiger partial charge on any atom is 0.391 e. The minimum atomic E-state index is -4.31. The van der Waals surface area contributed by atoms with Gasteiger partial charge in [-0.25, -0.2) is 0 Å². The lowest BCUT2D eigenvalue weighted by Gasteiger charge is -2.15. The number of fused-ring (bicyclic) bond motifs is 1. The summed E-state index contributed by atoms with van der Waals surface area (Å²) in [5.41, 5.74) is 6.18. The molecule has 0 aliphatic heterocycles. The van der Waals surface area contributed by atoms with Gasteiger partial charge in [0.1, 0.15) is 4.88 Å². The molecule has 2 aromatic rings. The molecule has 7 heteroatoms. The van der Waals surface area contributed by atoms with Gasteiger partial charge in [-0.15, -0.1) is 11.3 Å². The third-order valence-electron chi connectivity index (χ3n) is 2.76. The fourth-order valence-corrected chi connectivity index (χ4v) is 2.95. The predicted octanol–water partition coefficient (Wildman–Crippen LogP) is 3.55. The smallest absolute Gasteiger partial charge is 0.391 e. The largest absolute Gasteiger partial charge is 0.397 e. The molecule has 0 bridgehead atoms. The number of thiophene rings is 1. The lowest BCUT2D eigenvalue weighted by Crippen LogP contribution is -2.35. The minimum absolute atomic E-state index is 0.250.